The SMILES string of the molecule is OC[C@H]1O[C@@H](S)[C@H](O)[C@@H](O)[C@@H]1O.SSc1ccccc1. The van der Waals surface area contributed by atoms with Gasteiger partial charge in [0.2, 0.25) is 0 Å². The third-order valence-corrected chi connectivity index (χ3v) is 4.26. The molecular formula is C12H18O5S3. The Morgan fingerprint density at radius 1 is 1.05 bits per heavy atom. The molecule has 0 unspecified atom stereocenters. The molecule has 1 saturated heterocycles. The lowest BCUT2D eigenvalue weighted by Gasteiger charge is -2.37. The lowest BCUT2D eigenvalue weighted by atomic mass is 10.0. The van der Waals surface area contributed by atoms with Crippen molar-refractivity contribution in [2.45, 2.75) is 34.7 Å². The standard InChI is InChI=1S/C6H12O5S.C6H6S2/c7-1-2-3(8)4(9)5(10)6(12)11-2;7-8-6-4-2-1-3-5-6/h2-10,12H,1H2;1-5,7H/t2-,3-,4+,5-,6+;/m1./s1. The van der Waals surface area contributed by atoms with Crippen molar-refractivity contribution in [2.75, 3.05) is 6.61 Å². The van der Waals surface area contributed by atoms with Gasteiger partial charge >= 0.3 is 0 Å². The van der Waals surface area contributed by atoms with E-state index in [1.807, 2.05) is 30.3 Å². The van der Waals surface area contributed by atoms with Crippen molar-refractivity contribution >= 4 is 35.1 Å². The molecule has 5 atom stereocenters. The van der Waals surface area contributed by atoms with Crippen molar-refractivity contribution in [3.8, 4) is 0 Å². The van der Waals surface area contributed by atoms with Gasteiger partial charge in [0.15, 0.2) is 0 Å². The van der Waals surface area contributed by atoms with E-state index < -0.39 is 36.5 Å². The van der Waals surface area contributed by atoms with Crippen molar-refractivity contribution in [3.63, 3.8) is 0 Å². The summed E-state index contributed by atoms with van der Waals surface area (Å²) in [6.07, 6.45) is -4.70. The number of aliphatic hydroxyl groups is 4. The number of hydrogen-bond donors (Lipinski definition) is 6. The van der Waals surface area contributed by atoms with Crippen molar-refractivity contribution in [2.24, 2.45) is 0 Å². The number of thiol groups is 2. The van der Waals surface area contributed by atoms with Crippen LogP contribution in [0.1, 0.15) is 0 Å². The van der Waals surface area contributed by atoms with E-state index in [4.69, 9.17) is 14.9 Å². The Balaban J connectivity index is 0.000000217. The number of ether oxygens (including phenoxy) is 1. The molecule has 1 fully saturated rings. The molecule has 1 aromatic rings. The molecule has 0 saturated carbocycles. The maximum Gasteiger partial charge on any atom is 0.129 e. The second-order valence-electron chi connectivity index (χ2n) is 4.12. The lowest BCUT2D eigenvalue weighted by molar-refractivity contribution is -0.205. The summed E-state index contributed by atoms with van der Waals surface area (Å²) in [7, 11) is 1.46. The van der Waals surface area contributed by atoms with Crippen LogP contribution in [0.25, 0.3) is 0 Å². The van der Waals surface area contributed by atoms with Gasteiger partial charge in [-0.15, -0.1) is 24.3 Å². The summed E-state index contributed by atoms with van der Waals surface area (Å²) in [6, 6.07) is 10.0. The third kappa shape index (κ3) is 5.12. The molecule has 114 valence electrons. The average molecular weight is 338 g/mol. The minimum Gasteiger partial charge on any atom is -0.394 e. The van der Waals surface area contributed by atoms with E-state index in [9.17, 15) is 10.2 Å². The molecule has 0 aliphatic carbocycles. The maximum absolute atomic E-state index is 9.20. The molecule has 1 aliphatic rings. The summed E-state index contributed by atoms with van der Waals surface area (Å²) < 4.78 is 4.88. The van der Waals surface area contributed by atoms with Crippen LogP contribution in [0.15, 0.2) is 35.2 Å². The van der Waals surface area contributed by atoms with Gasteiger partial charge in [-0.25, -0.2) is 0 Å². The minimum atomic E-state index is -1.32. The topological polar surface area (TPSA) is 90.2 Å². The number of aliphatic hydroxyl groups excluding tert-OH is 4. The van der Waals surface area contributed by atoms with Crippen LogP contribution in [-0.2, 0) is 4.74 Å². The highest BCUT2D eigenvalue weighted by Crippen LogP contribution is 2.22. The first-order valence-corrected chi connectivity index (χ1v) is 8.24. The highest BCUT2D eigenvalue weighted by atomic mass is 33.1. The normalized spacial score (nSPS) is 33.2. The fourth-order valence-electron chi connectivity index (χ4n) is 1.56. The zero-order chi connectivity index (χ0) is 15.1. The molecule has 1 heterocycles. The zero-order valence-electron chi connectivity index (χ0n) is 10.5. The second kappa shape index (κ2) is 9.16. The Morgan fingerprint density at radius 3 is 2.10 bits per heavy atom. The predicted molar refractivity (Wildman–Crippen MR) is 84.0 cm³/mol. The smallest absolute Gasteiger partial charge is 0.129 e. The minimum absolute atomic E-state index is 0.415. The zero-order valence-corrected chi connectivity index (χ0v) is 13.1. The number of hydrogen-bond acceptors (Lipinski definition) is 8. The molecule has 5 nitrogen and oxygen atoms in total. The van der Waals surface area contributed by atoms with Crippen LogP contribution in [0.4, 0.5) is 0 Å². The van der Waals surface area contributed by atoms with E-state index >= 15 is 0 Å². The Morgan fingerprint density at radius 2 is 1.65 bits per heavy atom. The molecule has 1 aliphatic heterocycles. The molecule has 0 bridgehead atoms. The fraction of sp³-hybridized carbons (Fsp3) is 0.500. The molecule has 2 rings (SSSR count). The molecule has 0 spiro atoms. The van der Waals surface area contributed by atoms with E-state index in [1.54, 1.807) is 0 Å². The maximum atomic E-state index is 9.20. The van der Waals surface area contributed by atoms with Crippen LogP contribution in [0.5, 0.6) is 0 Å². The summed E-state index contributed by atoms with van der Waals surface area (Å²) >= 11 is 7.84. The summed E-state index contributed by atoms with van der Waals surface area (Å²) in [5.74, 6) is 0. The van der Waals surface area contributed by atoms with Gasteiger partial charge in [0, 0.05) is 4.90 Å². The summed E-state index contributed by atoms with van der Waals surface area (Å²) in [5, 5.41) is 36.2. The van der Waals surface area contributed by atoms with Crippen LogP contribution in [0.2, 0.25) is 0 Å². The first-order valence-electron chi connectivity index (χ1n) is 5.86. The quantitative estimate of drug-likeness (QED) is 0.344. The van der Waals surface area contributed by atoms with E-state index in [0.29, 0.717) is 0 Å². The first-order chi connectivity index (χ1) is 9.51. The average Bonchev–Trinajstić information content (AvgIpc) is 2.50. The third-order valence-electron chi connectivity index (χ3n) is 2.72. The number of rotatable bonds is 2. The van der Waals surface area contributed by atoms with Gasteiger partial charge < -0.3 is 25.2 Å². The van der Waals surface area contributed by atoms with Gasteiger partial charge in [0.1, 0.15) is 29.9 Å². The molecule has 0 aromatic heterocycles. The van der Waals surface area contributed by atoms with Crippen molar-refractivity contribution in [1.29, 1.82) is 0 Å². The van der Waals surface area contributed by atoms with Crippen LogP contribution < -0.4 is 0 Å². The van der Waals surface area contributed by atoms with E-state index in [0.717, 1.165) is 0 Å². The molecular weight excluding hydrogens is 320 g/mol. The van der Waals surface area contributed by atoms with E-state index in [-0.39, 0.29) is 0 Å². The van der Waals surface area contributed by atoms with Gasteiger partial charge in [-0.2, -0.15) is 0 Å². The highest BCUT2D eigenvalue weighted by molar-refractivity contribution is 8.68. The Bertz CT molecular complexity index is 376. The molecule has 1 aromatic carbocycles. The van der Waals surface area contributed by atoms with Crippen molar-refractivity contribution in [1.82, 2.24) is 0 Å². The van der Waals surface area contributed by atoms with Crippen molar-refractivity contribution in [3.05, 3.63) is 30.3 Å². The van der Waals surface area contributed by atoms with Crippen LogP contribution in [0.3, 0.4) is 0 Å². The van der Waals surface area contributed by atoms with Gasteiger partial charge in [-0.3, -0.25) is 0 Å². The predicted octanol–water partition coefficient (Wildman–Crippen LogP) is 0.340. The molecule has 20 heavy (non-hydrogen) atoms. The van der Waals surface area contributed by atoms with Crippen LogP contribution >= 0.6 is 35.1 Å². The molecule has 4 N–H and O–H groups in total. The largest absolute Gasteiger partial charge is 0.394 e. The van der Waals surface area contributed by atoms with Gasteiger partial charge in [0.25, 0.3) is 0 Å². The molecule has 8 heteroatoms. The number of benzene rings is 1. The monoisotopic (exact) mass is 338 g/mol. The summed E-state index contributed by atoms with van der Waals surface area (Å²) in [4.78, 5) is 1.19. The first kappa shape index (κ1) is 18.1. The Labute approximate surface area is 132 Å². The molecule has 0 amide bonds. The van der Waals surface area contributed by atoms with E-state index in [2.05, 4.69) is 24.3 Å². The van der Waals surface area contributed by atoms with E-state index in [1.165, 1.54) is 15.7 Å². The van der Waals surface area contributed by atoms with Gasteiger partial charge in [0.05, 0.1) is 6.61 Å². The molecule has 0 radical (unpaired) electrons. The highest BCUT2D eigenvalue weighted by Gasteiger charge is 2.41. The van der Waals surface area contributed by atoms with Crippen LogP contribution in [-0.4, -0.2) is 56.9 Å². The second-order valence-corrected chi connectivity index (χ2v) is 5.83. The lowest BCUT2D eigenvalue weighted by Crippen LogP contribution is -2.56. The Hall–Kier alpha value is 0.0700. The summed E-state index contributed by atoms with van der Waals surface area (Å²) in [6.45, 7) is -0.415. The van der Waals surface area contributed by atoms with Gasteiger partial charge in [-0.1, -0.05) is 29.0 Å². The van der Waals surface area contributed by atoms with Crippen molar-refractivity contribution < 1.29 is 25.2 Å². The fourth-order valence-corrected chi connectivity index (χ4v) is 2.54. The summed E-state index contributed by atoms with van der Waals surface area (Å²) in [5.41, 5.74) is -0.874. The Kier molecular flexibility index (Phi) is 8.30. The van der Waals surface area contributed by atoms with Crippen LogP contribution in [0, 0.1) is 0 Å². The van der Waals surface area contributed by atoms with Gasteiger partial charge in [-0.05, 0) is 12.1 Å².